The van der Waals surface area contributed by atoms with Gasteiger partial charge in [-0.05, 0) is 37.2 Å². The number of hydrogen-bond donors (Lipinski definition) is 3. The maximum Gasteiger partial charge on any atom is 0.171 e. The van der Waals surface area contributed by atoms with Gasteiger partial charge in [-0.3, -0.25) is 0 Å². The summed E-state index contributed by atoms with van der Waals surface area (Å²) >= 11 is 5.55. The first-order valence-electron chi connectivity index (χ1n) is 8.95. The first-order valence-corrected chi connectivity index (χ1v) is 9.36. The van der Waals surface area contributed by atoms with Gasteiger partial charge in [0, 0.05) is 6.04 Å². The molecule has 1 heterocycles. The number of nitrogens with one attached hydrogen (secondary N) is 3. The van der Waals surface area contributed by atoms with E-state index in [0.717, 1.165) is 23.9 Å². The molecule has 23 heavy (non-hydrogen) atoms. The summed E-state index contributed by atoms with van der Waals surface area (Å²) < 4.78 is 0. The van der Waals surface area contributed by atoms with E-state index in [4.69, 9.17) is 12.2 Å². The van der Waals surface area contributed by atoms with Gasteiger partial charge in [0.2, 0.25) is 0 Å². The molecule has 0 bridgehead atoms. The minimum absolute atomic E-state index is 0.545. The fourth-order valence-corrected chi connectivity index (χ4v) is 3.85. The van der Waals surface area contributed by atoms with Gasteiger partial charge in [-0.25, -0.2) is 0 Å². The van der Waals surface area contributed by atoms with Crippen molar-refractivity contribution in [1.82, 2.24) is 5.32 Å². The van der Waals surface area contributed by atoms with Gasteiger partial charge in [0.25, 0.3) is 0 Å². The molecule has 3 rings (SSSR count). The summed E-state index contributed by atoms with van der Waals surface area (Å²) in [5.41, 5.74) is 2.40. The van der Waals surface area contributed by atoms with Crippen LogP contribution in [0.25, 0.3) is 0 Å². The second-order valence-electron chi connectivity index (χ2n) is 6.89. The Bertz CT molecular complexity index is 520. The molecule has 1 aliphatic carbocycles. The summed E-state index contributed by atoms with van der Waals surface area (Å²) in [7, 11) is 2.27. The first kappa shape index (κ1) is 16.5. The van der Waals surface area contributed by atoms with E-state index in [2.05, 4.69) is 46.8 Å². The number of anilines is 2. The van der Waals surface area contributed by atoms with Crippen molar-refractivity contribution in [1.29, 1.82) is 0 Å². The van der Waals surface area contributed by atoms with Crippen molar-refractivity contribution in [3.63, 3.8) is 0 Å². The van der Waals surface area contributed by atoms with E-state index >= 15 is 0 Å². The number of quaternary nitrogens is 1. The highest BCUT2D eigenvalue weighted by Gasteiger charge is 2.20. The number of hydrogen-bond acceptors (Lipinski definition) is 2. The normalized spacial score (nSPS) is 20.3. The third-order valence-electron chi connectivity index (χ3n) is 5.05. The first-order chi connectivity index (χ1) is 11.2. The molecule has 0 amide bonds. The molecule has 1 aliphatic heterocycles. The third-order valence-corrected chi connectivity index (χ3v) is 5.27. The Labute approximate surface area is 145 Å². The SMILES string of the molecule is C[NH+]1CCN(c2ccccc2NC(=S)NC2CCCCC2)CC1. The molecule has 0 unspecified atom stereocenters. The van der Waals surface area contributed by atoms with Crippen LogP contribution in [0.2, 0.25) is 0 Å². The second-order valence-corrected chi connectivity index (χ2v) is 7.30. The largest absolute Gasteiger partial charge is 0.360 e. The molecule has 2 aliphatic rings. The van der Waals surface area contributed by atoms with Crippen LogP contribution in [0, 0.1) is 0 Å². The van der Waals surface area contributed by atoms with Crippen molar-refractivity contribution in [2.75, 3.05) is 43.4 Å². The summed E-state index contributed by atoms with van der Waals surface area (Å²) in [6.45, 7) is 4.60. The maximum absolute atomic E-state index is 5.55. The molecule has 1 aromatic rings. The molecule has 4 nitrogen and oxygen atoms in total. The summed E-state index contributed by atoms with van der Waals surface area (Å²) in [6, 6.07) is 9.07. The van der Waals surface area contributed by atoms with Crippen molar-refractivity contribution in [2.45, 2.75) is 38.1 Å². The molecular formula is C18H29N4S+. The number of likely N-dealkylation sites (N-methyl/N-ethyl adjacent to an activating group) is 1. The highest BCUT2D eigenvalue weighted by Crippen LogP contribution is 2.26. The van der Waals surface area contributed by atoms with Crippen molar-refractivity contribution in [3.8, 4) is 0 Å². The van der Waals surface area contributed by atoms with Gasteiger partial charge < -0.3 is 20.4 Å². The number of nitrogens with zero attached hydrogens (tertiary/aromatic N) is 1. The Balaban J connectivity index is 1.62. The number of thiocarbonyl (C=S) groups is 1. The van der Waals surface area contributed by atoms with Gasteiger partial charge in [0.1, 0.15) is 0 Å². The average molecular weight is 334 g/mol. The van der Waals surface area contributed by atoms with Crippen molar-refractivity contribution >= 4 is 28.7 Å². The fourth-order valence-electron chi connectivity index (χ4n) is 3.58. The van der Waals surface area contributed by atoms with Crippen LogP contribution in [-0.2, 0) is 0 Å². The summed E-state index contributed by atoms with van der Waals surface area (Å²) in [5, 5.41) is 7.71. The lowest BCUT2D eigenvalue weighted by atomic mass is 9.96. The molecule has 1 aromatic carbocycles. The number of rotatable bonds is 3. The Morgan fingerprint density at radius 1 is 1.13 bits per heavy atom. The van der Waals surface area contributed by atoms with Gasteiger partial charge in [-0.15, -0.1) is 0 Å². The Morgan fingerprint density at radius 2 is 1.83 bits per heavy atom. The molecule has 0 radical (unpaired) electrons. The standard InChI is InChI=1S/C18H28N4S/c1-21-11-13-22(14-12-21)17-10-6-5-9-16(17)20-18(23)19-15-7-3-2-4-8-15/h5-6,9-10,15H,2-4,7-8,11-14H2,1H3,(H2,19,20,23)/p+1. The fraction of sp³-hybridized carbons (Fsp3) is 0.611. The van der Waals surface area contributed by atoms with Crippen LogP contribution >= 0.6 is 12.2 Å². The lowest BCUT2D eigenvalue weighted by Gasteiger charge is -2.33. The molecule has 0 aromatic heterocycles. The Kier molecular flexibility index (Phi) is 5.73. The zero-order chi connectivity index (χ0) is 16.1. The van der Waals surface area contributed by atoms with E-state index in [1.54, 1.807) is 4.90 Å². The predicted octanol–water partition coefficient (Wildman–Crippen LogP) is 1.64. The van der Waals surface area contributed by atoms with Gasteiger partial charge in [0.15, 0.2) is 5.11 Å². The number of benzene rings is 1. The molecule has 1 saturated carbocycles. The minimum atomic E-state index is 0.545. The summed E-state index contributed by atoms with van der Waals surface area (Å²) in [4.78, 5) is 4.08. The molecule has 126 valence electrons. The van der Waals surface area contributed by atoms with Gasteiger partial charge >= 0.3 is 0 Å². The monoisotopic (exact) mass is 333 g/mol. The van der Waals surface area contributed by atoms with E-state index < -0.39 is 0 Å². The topological polar surface area (TPSA) is 31.7 Å². The van der Waals surface area contributed by atoms with E-state index in [9.17, 15) is 0 Å². The van der Waals surface area contributed by atoms with E-state index in [-0.39, 0.29) is 0 Å². The van der Waals surface area contributed by atoms with Gasteiger partial charge in [0.05, 0.1) is 44.6 Å². The molecule has 2 fully saturated rings. The molecular weight excluding hydrogens is 304 g/mol. The third kappa shape index (κ3) is 4.58. The zero-order valence-electron chi connectivity index (χ0n) is 14.1. The highest BCUT2D eigenvalue weighted by molar-refractivity contribution is 7.80. The molecule has 0 atom stereocenters. The Morgan fingerprint density at radius 3 is 2.57 bits per heavy atom. The van der Waals surface area contributed by atoms with Gasteiger partial charge in [-0.1, -0.05) is 31.4 Å². The quantitative estimate of drug-likeness (QED) is 0.734. The lowest BCUT2D eigenvalue weighted by molar-refractivity contribution is -0.880. The van der Waals surface area contributed by atoms with Crippen molar-refractivity contribution in [3.05, 3.63) is 24.3 Å². The zero-order valence-corrected chi connectivity index (χ0v) is 14.9. The van der Waals surface area contributed by atoms with Crippen LogP contribution in [0.15, 0.2) is 24.3 Å². The summed E-state index contributed by atoms with van der Waals surface area (Å²) in [6.07, 6.45) is 6.49. The van der Waals surface area contributed by atoms with Crippen LogP contribution in [0.3, 0.4) is 0 Å². The summed E-state index contributed by atoms with van der Waals surface area (Å²) in [5.74, 6) is 0. The maximum atomic E-state index is 5.55. The van der Waals surface area contributed by atoms with E-state index in [0.29, 0.717) is 6.04 Å². The van der Waals surface area contributed by atoms with Crippen LogP contribution in [0.1, 0.15) is 32.1 Å². The van der Waals surface area contributed by atoms with E-state index in [1.165, 1.54) is 50.9 Å². The van der Waals surface area contributed by atoms with Gasteiger partial charge in [-0.2, -0.15) is 0 Å². The average Bonchev–Trinajstić information content (AvgIpc) is 2.57. The van der Waals surface area contributed by atoms with Crippen molar-refractivity contribution < 1.29 is 4.90 Å². The van der Waals surface area contributed by atoms with Crippen LogP contribution < -0.4 is 20.4 Å². The highest BCUT2D eigenvalue weighted by atomic mass is 32.1. The minimum Gasteiger partial charge on any atom is -0.360 e. The molecule has 1 saturated heterocycles. The number of piperazine rings is 1. The van der Waals surface area contributed by atoms with Crippen LogP contribution in [-0.4, -0.2) is 44.4 Å². The van der Waals surface area contributed by atoms with Crippen LogP contribution in [0.4, 0.5) is 11.4 Å². The Hall–Kier alpha value is -1.33. The smallest absolute Gasteiger partial charge is 0.171 e. The number of para-hydroxylation sites is 2. The molecule has 3 N–H and O–H groups in total. The van der Waals surface area contributed by atoms with E-state index in [1.807, 2.05) is 0 Å². The second kappa shape index (κ2) is 7.97. The predicted molar refractivity (Wildman–Crippen MR) is 102 cm³/mol. The van der Waals surface area contributed by atoms with Crippen molar-refractivity contribution in [2.24, 2.45) is 0 Å². The molecule has 0 spiro atoms. The molecule has 5 heteroatoms. The lowest BCUT2D eigenvalue weighted by Crippen LogP contribution is -3.12. The van der Waals surface area contributed by atoms with Crippen LogP contribution in [0.5, 0.6) is 0 Å².